The molecule has 1 aromatic carbocycles. The lowest BCUT2D eigenvalue weighted by molar-refractivity contribution is 1.14. The van der Waals surface area contributed by atoms with E-state index in [0.717, 1.165) is 22.3 Å². The van der Waals surface area contributed by atoms with Crippen molar-refractivity contribution < 1.29 is 0 Å². The molecule has 0 saturated carbocycles. The van der Waals surface area contributed by atoms with Crippen molar-refractivity contribution in [1.82, 2.24) is 15.0 Å². The van der Waals surface area contributed by atoms with E-state index in [4.69, 9.17) is 5.73 Å². The summed E-state index contributed by atoms with van der Waals surface area (Å²) in [6, 6.07) is 9.97. The van der Waals surface area contributed by atoms with Crippen molar-refractivity contribution in [2.45, 2.75) is 6.92 Å². The van der Waals surface area contributed by atoms with Crippen molar-refractivity contribution in [1.29, 1.82) is 0 Å². The second-order valence-electron chi connectivity index (χ2n) is 5.11. The number of aromatic nitrogens is 3. The number of nitrogens with two attached hydrogens (primary N) is 1. The van der Waals surface area contributed by atoms with Crippen molar-refractivity contribution in [3.05, 3.63) is 55.0 Å². The predicted molar refractivity (Wildman–Crippen MR) is 94.9 cm³/mol. The molecule has 0 radical (unpaired) electrons. The second kappa shape index (κ2) is 6.31. The van der Waals surface area contributed by atoms with Gasteiger partial charge in [0.2, 0.25) is 0 Å². The number of rotatable bonds is 5. The Labute approximate surface area is 134 Å². The Bertz CT molecular complexity index is 859. The normalized spacial score (nSPS) is 10.5. The number of nitrogen functional groups attached to an aromatic ring is 1. The van der Waals surface area contributed by atoms with Gasteiger partial charge in [-0.15, -0.1) is 6.58 Å². The van der Waals surface area contributed by atoms with Crippen LogP contribution in [0.25, 0.3) is 10.9 Å². The van der Waals surface area contributed by atoms with E-state index in [-0.39, 0.29) is 0 Å². The number of para-hydroxylation sites is 1. The van der Waals surface area contributed by atoms with Gasteiger partial charge in [0, 0.05) is 17.6 Å². The number of anilines is 4. The summed E-state index contributed by atoms with van der Waals surface area (Å²) in [4.78, 5) is 13.0. The van der Waals surface area contributed by atoms with E-state index in [1.54, 1.807) is 6.08 Å². The Hall–Kier alpha value is -3.15. The number of pyridine rings is 1. The predicted octanol–water partition coefficient (Wildman–Crippen LogP) is 3.26. The molecule has 3 rings (SSSR count). The fourth-order valence-electron chi connectivity index (χ4n) is 2.28. The van der Waals surface area contributed by atoms with Gasteiger partial charge in [-0.3, -0.25) is 4.98 Å². The molecule has 3 aromatic rings. The minimum absolute atomic E-state index is 0.457. The molecule has 116 valence electrons. The number of nitrogens with one attached hydrogen (secondary N) is 2. The van der Waals surface area contributed by atoms with Crippen molar-refractivity contribution in [3.63, 3.8) is 0 Å². The zero-order chi connectivity index (χ0) is 16.2. The first-order chi connectivity index (χ1) is 11.2. The van der Waals surface area contributed by atoms with Crippen LogP contribution in [0.2, 0.25) is 0 Å². The summed E-state index contributed by atoms with van der Waals surface area (Å²) in [7, 11) is 0. The van der Waals surface area contributed by atoms with Crippen LogP contribution < -0.4 is 16.4 Å². The monoisotopic (exact) mass is 306 g/mol. The van der Waals surface area contributed by atoms with Crippen molar-refractivity contribution >= 4 is 33.9 Å². The van der Waals surface area contributed by atoms with Gasteiger partial charge in [-0.05, 0) is 19.1 Å². The van der Waals surface area contributed by atoms with Crippen LogP contribution in [-0.2, 0) is 0 Å². The molecule has 0 spiro atoms. The summed E-state index contributed by atoms with van der Waals surface area (Å²) < 4.78 is 0. The maximum atomic E-state index is 6.14. The van der Waals surface area contributed by atoms with Gasteiger partial charge >= 0.3 is 0 Å². The third-order valence-electron chi connectivity index (χ3n) is 3.41. The largest absolute Gasteiger partial charge is 0.393 e. The van der Waals surface area contributed by atoms with E-state index in [9.17, 15) is 0 Å². The SMILES string of the molecule is C=CCNc1ncnc(Nc2cccc3ccc(C)nc23)c1N. The van der Waals surface area contributed by atoms with Crippen LogP contribution in [0.1, 0.15) is 5.69 Å². The molecular formula is C17H18N6. The molecule has 0 aliphatic carbocycles. The Morgan fingerprint density at radius 2 is 2.00 bits per heavy atom. The minimum atomic E-state index is 0.457. The average molecular weight is 306 g/mol. The van der Waals surface area contributed by atoms with Gasteiger partial charge in [-0.25, -0.2) is 9.97 Å². The molecular weight excluding hydrogens is 288 g/mol. The highest BCUT2D eigenvalue weighted by Gasteiger charge is 2.10. The molecule has 23 heavy (non-hydrogen) atoms. The van der Waals surface area contributed by atoms with Crippen LogP contribution in [-0.4, -0.2) is 21.5 Å². The van der Waals surface area contributed by atoms with E-state index in [1.807, 2.05) is 37.3 Å². The summed E-state index contributed by atoms with van der Waals surface area (Å²) in [5.41, 5.74) is 9.29. The minimum Gasteiger partial charge on any atom is -0.393 e. The first kappa shape index (κ1) is 14.8. The van der Waals surface area contributed by atoms with Crippen LogP contribution in [0, 0.1) is 6.92 Å². The van der Waals surface area contributed by atoms with E-state index in [2.05, 4.69) is 32.2 Å². The third kappa shape index (κ3) is 3.06. The van der Waals surface area contributed by atoms with Crippen LogP contribution >= 0.6 is 0 Å². The number of benzene rings is 1. The summed E-state index contributed by atoms with van der Waals surface area (Å²) in [5, 5.41) is 7.39. The van der Waals surface area contributed by atoms with E-state index in [1.165, 1.54) is 6.33 Å². The van der Waals surface area contributed by atoms with Gasteiger partial charge in [0.05, 0.1) is 11.2 Å². The highest BCUT2D eigenvalue weighted by atomic mass is 15.1. The maximum absolute atomic E-state index is 6.14. The first-order valence-electron chi connectivity index (χ1n) is 7.27. The fraction of sp³-hybridized carbons (Fsp3) is 0.118. The topological polar surface area (TPSA) is 88.8 Å². The summed E-state index contributed by atoms with van der Waals surface area (Å²) in [5.74, 6) is 1.12. The van der Waals surface area contributed by atoms with Crippen LogP contribution in [0.5, 0.6) is 0 Å². The summed E-state index contributed by atoms with van der Waals surface area (Å²) in [6.45, 7) is 6.21. The molecule has 2 aromatic heterocycles. The Morgan fingerprint density at radius 1 is 1.17 bits per heavy atom. The van der Waals surface area contributed by atoms with E-state index < -0.39 is 0 Å². The first-order valence-corrected chi connectivity index (χ1v) is 7.27. The van der Waals surface area contributed by atoms with Gasteiger partial charge in [-0.1, -0.05) is 24.3 Å². The number of hydrogen-bond donors (Lipinski definition) is 3. The molecule has 0 aliphatic rings. The smallest absolute Gasteiger partial charge is 0.159 e. The molecule has 0 unspecified atom stereocenters. The number of aryl methyl sites for hydroxylation is 1. The van der Waals surface area contributed by atoms with Crippen molar-refractivity contribution in [3.8, 4) is 0 Å². The number of hydrogen-bond acceptors (Lipinski definition) is 6. The standard InChI is InChI=1S/C17H18N6/c1-3-9-19-16-14(18)17(21-10-20-16)23-13-6-4-5-12-8-7-11(2)22-15(12)13/h3-8,10H,1,9,18H2,2H3,(H2,19,20,21,23). The van der Waals surface area contributed by atoms with Gasteiger partial charge in [0.1, 0.15) is 12.0 Å². The maximum Gasteiger partial charge on any atom is 0.159 e. The Balaban J connectivity index is 1.99. The molecule has 0 saturated heterocycles. The molecule has 0 amide bonds. The van der Waals surface area contributed by atoms with Crippen molar-refractivity contribution in [2.75, 3.05) is 22.9 Å². The van der Waals surface area contributed by atoms with E-state index >= 15 is 0 Å². The van der Waals surface area contributed by atoms with E-state index in [0.29, 0.717) is 23.9 Å². The number of fused-ring (bicyclic) bond motifs is 1. The molecule has 0 aliphatic heterocycles. The average Bonchev–Trinajstić information content (AvgIpc) is 2.56. The summed E-state index contributed by atoms with van der Waals surface area (Å²) >= 11 is 0. The Kier molecular flexibility index (Phi) is 4.05. The molecule has 6 heteroatoms. The quantitative estimate of drug-likeness (QED) is 0.627. The number of nitrogens with zero attached hydrogens (tertiary/aromatic N) is 3. The van der Waals surface area contributed by atoms with Gasteiger partial charge in [0.25, 0.3) is 0 Å². The zero-order valence-corrected chi connectivity index (χ0v) is 12.9. The van der Waals surface area contributed by atoms with Crippen LogP contribution in [0.4, 0.5) is 23.0 Å². The molecule has 0 bridgehead atoms. The Morgan fingerprint density at radius 3 is 2.83 bits per heavy atom. The molecule has 0 atom stereocenters. The summed E-state index contributed by atoms with van der Waals surface area (Å²) in [6.07, 6.45) is 3.21. The highest BCUT2D eigenvalue weighted by Crippen LogP contribution is 2.29. The zero-order valence-electron chi connectivity index (χ0n) is 12.9. The highest BCUT2D eigenvalue weighted by molar-refractivity contribution is 5.93. The third-order valence-corrected chi connectivity index (χ3v) is 3.41. The lowest BCUT2D eigenvalue weighted by Crippen LogP contribution is -2.08. The lowest BCUT2D eigenvalue weighted by Gasteiger charge is -2.13. The van der Waals surface area contributed by atoms with Gasteiger partial charge in [-0.2, -0.15) is 0 Å². The molecule has 6 nitrogen and oxygen atoms in total. The van der Waals surface area contributed by atoms with Crippen molar-refractivity contribution in [2.24, 2.45) is 0 Å². The van der Waals surface area contributed by atoms with Crippen LogP contribution in [0.15, 0.2) is 49.3 Å². The second-order valence-corrected chi connectivity index (χ2v) is 5.11. The van der Waals surface area contributed by atoms with Gasteiger partial charge in [0.15, 0.2) is 11.6 Å². The lowest BCUT2D eigenvalue weighted by atomic mass is 10.1. The molecule has 2 heterocycles. The molecule has 0 fully saturated rings. The van der Waals surface area contributed by atoms with Crippen LogP contribution in [0.3, 0.4) is 0 Å². The fourth-order valence-corrected chi connectivity index (χ4v) is 2.28. The molecule has 4 N–H and O–H groups in total. The van der Waals surface area contributed by atoms with Gasteiger partial charge < -0.3 is 16.4 Å².